The molecule has 0 radical (unpaired) electrons. The lowest BCUT2D eigenvalue weighted by Crippen LogP contribution is -2.08. The monoisotopic (exact) mass is 398 g/mol. The van der Waals surface area contributed by atoms with E-state index < -0.39 is 0 Å². The Morgan fingerprint density at radius 2 is 1.77 bits per heavy atom. The highest BCUT2D eigenvalue weighted by atomic mass is 16.5. The van der Waals surface area contributed by atoms with Crippen LogP contribution in [0.25, 0.3) is 22.3 Å². The van der Waals surface area contributed by atoms with Gasteiger partial charge in [0, 0.05) is 23.5 Å². The van der Waals surface area contributed by atoms with E-state index in [-0.39, 0.29) is 5.97 Å². The summed E-state index contributed by atoms with van der Waals surface area (Å²) in [6.07, 6.45) is 3.65. The van der Waals surface area contributed by atoms with Crippen molar-refractivity contribution in [2.24, 2.45) is 0 Å². The maximum absolute atomic E-state index is 12.3. The third kappa shape index (κ3) is 4.43. The molecular weight excluding hydrogens is 372 g/mol. The number of ether oxygens (including phenoxy) is 1. The summed E-state index contributed by atoms with van der Waals surface area (Å²) in [4.78, 5) is 20.3. The van der Waals surface area contributed by atoms with E-state index in [1.165, 1.54) is 16.5 Å². The van der Waals surface area contributed by atoms with Crippen LogP contribution < -0.4 is 4.74 Å². The Hall–Kier alpha value is -3.40. The van der Waals surface area contributed by atoms with Crippen molar-refractivity contribution in [3.05, 3.63) is 84.1 Å². The number of nitrogens with zero attached hydrogens (tertiary/aromatic N) is 1. The molecule has 0 saturated carbocycles. The van der Waals surface area contributed by atoms with Crippen molar-refractivity contribution in [3.8, 4) is 17.1 Å². The Kier molecular flexibility index (Phi) is 5.94. The number of hydrogen-bond donors (Lipinski definition) is 1. The van der Waals surface area contributed by atoms with Crippen LogP contribution in [0.5, 0.6) is 5.75 Å². The van der Waals surface area contributed by atoms with Crippen molar-refractivity contribution in [3.63, 3.8) is 0 Å². The van der Waals surface area contributed by atoms with Crippen LogP contribution in [0.2, 0.25) is 0 Å². The molecule has 2 aromatic heterocycles. The quantitative estimate of drug-likeness (QED) is 0.294. The highest BCUT2D eigenvalue weighted by Gasteiger charge is 2.14. The molecule has 1 N–H and O–H groups in total. The third-order valence-electron chi connectivity index (χ3n) is 5.32. The minimum atomic E-state index is -0.202. The van der Waals surface area contributed by atoms with Gasteiger partial charge >= 0.3 is 5.97 Å². The number of pyridine rings is 1. The number of nitrogens with one attached hydrogen (secondary N) is 1. The van der Waals surface area contributed by atoms with E-state index in [1.54, 1.807) is 6.20 Å². The number of carbonyl (C=O) groups excluding carboxylic acids is 1. The molecule has 0 fully saturated rings. The number of carbonyl (C=O) groups is 1. The topological polar surface area (TPSA) is 55.0 Å². The molecule has 152 valence electrons. The van der Waals surface area contributed by atoms with Crippen molar-refractivity contribution in [2.75, 3.05) is 0 Å². The van der Waals surface area contributed by atoms with E-state index in [4.69, 9.17) is 4.74 Å². The average molecular weight is 399 g/mol. The number of esters is 1. The van der Waals surface area contributed by atoms with Gasteiger partial charge in [0.15, 0.2) is 0 Å². The molecule has 4 aromatic rings. The van der Waals surface area contributed by atoms with Gasteiger partial charge in [-0.05, 0) is 60.2 Å². The second-order valence-corrected chi connectivity index (χ2v) is 7.79. The molecule has 4 rings (SSSR count). The van der Waals surface area contributed by atoms with Gasteiger partial charge in [0.1, 0.15) is 5.75 Å². The van der Waals surface area contributed by atoms with Crippen molar-refractivity contribution in [1.29, 1.82) is 0 Å². The van der Waals surface area contributed by atoms with E-state index in [9.17, 15) is 4.79 Å². The Morgan fingerprint density at radius 3 is 2.50 bits per heavy atom. The van der Waals surface area contributed by atoms with Crippen LogP contribution >= 0.6 is 0 Å². The lowest BCUT2D eigenvalue weighted by atomic mass is 10.0. The predicted octanol–water partition coefficient (Wildman–Crippen LogP) is 6.28. The van der Waals surface area contributed by atoms with Crippen molar-refractivity contribution in [2.45, 2.75) is 39.0 Å². The first-order chi connectivity index (χ1) is 14.6. The number of H-pyrrole nitrogens is 1. The fourth-order valence-electron chi connectivity index (χ4n) is 3.70. The van der Waals surface area contributed by atoms with Gasteiger partial charge in [0.25, 0.3) is 0 Å². The molecule has 0 amide bonds. The first kappa shape index (κ1) is 19.9. The van der Waals surface area contributed by atoms with Gasteiger partial charge in [-0.1, -0.05) is 50.2 Å². The van der Waals surface area contributed by atoms with Crippen LogP contribution in [-0.2, 0) is 11.2 Å². The lowest BCUT2D eigenvalue weighted by molar-refractivity contribution is -0.134. The largest absolute Gasteiger partial charge is 0.427 e. The van der Waals surface area contributed by atoms with Gasteiger partial charge in [-0.3, -0.25) is 9.78 Å². The number of aromatic amines is 1. The summed E-state index contributed by atoms with van der Waals surface area (Å²) >= 11 is 0. The van der Waals surface area contributed by atoms with Crippen molar-refractivity contribution in [1.82, 2.24) is 9.97 Å². The van der Waals surface area contributed by atoms with Crippen LogP contribution in [0.4, 0.5) is 0 Å². The summed E-state index contributed by atoms with van der Waals surface area (Å²) in [6.45, 7) is 4.29. The van der Waals surface area contributed by atoms with Crippen molar-refractivity contribution >= 4 is 16.9 Å². The molecule has 30 heavy (non-hydrogen) atoms. The highest BCUT2D eigenvalue weighted by molar-refractivity contribution is 5.90. The highest BCUT2D eigenvalue weighted by Crippen LogP contribution is 2.30. The summed E-state index contributed by atoms with van der Waals surface area (Å²) in [5, 5.41) is 1.18. The first-order valence-electron chi connectivity index (χ1n) is 10.4. The number of rotatable bonds is 7. The molecule has 0 bridgehead atoms. The normalized spacial score (nSPS) is 11.2. The molecule has 0 unspecified atom stereocenters. The minimum absolute atomic E-state index is 0.202. The van der Waals surface area contributed by atoms with Crippen LogP contribution in [0.3, 0.4) is 0 Å². The minimum Gasteiger partial charge on any atom is -0.427 e. The van der Waals surface area contributed by atoms with Crippen LogP contribution in [0, 0.1) is 0 Å². The number of hydrogen-bond acceptors (Lipinski definition) is 3. The zero-order valence-electron chi connectivity index (χ0n) is 17.4. The zero-order valence-corrected chi connectivity index (χ0v) is 17.4. The molecule has 0 atom stereocenters. The number of aryl methyl sites for hydroxylation is 1. The molecule has 0 aliphatic heterocycles. The summed E-state index contributed by atoms with van der Waals surface area (Å²) in [7, 11) is 0. The van der Waals surface area contributed by atoms with Gasteiger partial charge in [0.2, 0.25) is 0 Å². The maximum Gasteiger partial charge on any atom is 0.311 e. The summed E-state index contributed by atoms with van der Waals surface area (Å²) in [5.41, 5.74) is 5.45. The maximum atomic E-state index is 12.3. The zero-order chi connectivity index (χ0) is 20.9. The fraction of sp³-hybridized carbons (Fsp3) is 0.231. The molecule has 0 spiro atoms. The third-order valence-corrected chi connectivity index (χ3v) is 5.32. The van der Waals surface area contributed by atoms with Crippen molar-refractivity contribution < 1.29 is 9.53 Å². The molecule has 2 heterocycles. The molecule has 2 aromatic carbocycles. The van der Waals surface area contributed by atoms with Gasteiger partial charge in [0.05, 0.1) is 11.4 Å². The van der Waals surface area contributed by atoms with E-state index in [2.05, 4.69) is 35.9 Å². The Labute approximate surface area is 176 Å². The van der Waals surface area contributed by atoms with Gasteiger partial charge in [-0.25, -0.2) is 0 Å². The predicted molar refractivity (Wildman–Crippen MR) is 121 cm³/mol. The molecular formula is C26H26N2O2. The molecule has 0 aliphatic carbocycles. The lowest BCUT2D eigenvalue weighted by Gasteiger charge is -2.08. The number of para-hydroxylation sites is 1. The first-order valence-corrected chi connectivity index (χ1v) is 10.4. The molecule has 0 aliphatic rings. The average Bonchev–Trinajstić information content (AvgIpc) is 3.13. The molecule has 4 nitrogen and oxygen atoms in total. The molecule has 4 heteroatoms. The second-order valence-electron chi connectivity index (χ2n) is 7.79. The number of benzene rings is 2. The standard InChI is InChI=1S/C26H26N2O2/c1-18(2)19-13-15-20(16-14-19)30-25(29)12-7-9-22-21-8-3-4-10-23(21)28-26(22)24-11-5-6-17-27-24/h3-6,8,10-11,13-18,28H,7,9,12H2,1-2H3. The Bertz CT molecular complexity index is 1130. The van der Waals surface area contributed by atoms with Gasteiger partial charge in [-0.2, -0.15) is 0 Å². The van der Waals surface area contributed by atoms with E-state index >= 15 is 0 Å². The second kappa shape index (κ2) is 8.95. The van der Waals surface area contributed by atoms with E-state index in [0.29, 0.717) is 24.5 Å². The van der Waals surface area contributed by atoms with Crippen LogP contribution in [0.15, 0.2) is 72.9 Å². The Balaban J connectivity index is 1.44. The SMILES string of the molecule is CC(C)c1ccc(OC(=O)CCCc2c(-c3ccccn3)[nH]c3ccccc23)cc1. The summed E-state index contributed by atoms with van der Waals surface area (Å²) in [6, 6.07) is 21.9. The van der Waals surface area contributed by atoms with Gasteiger partial charge in [-0.15, -0.1) is 0 Å². The smallest absolute Gasteiger partial charge is 0.311 e. The van der Waals surface area contributed by atoms with Crippen LogP contribution in [0.1, 0.15) is 43.7 Å². The Morgan fingerprint density at radius 1 is 1.00 bits per heavy atom. The van der Waals surface area contributed by atoms with E-state index in [0.717, 1.165) is 23.3 Å². The summed E-state index contributed by atoms with van der Waals surface area (Å²) in [5.74, 6) is 0.858. The van der Waals surface area contributed by atoms with E-state index in [1.807, 2.05) is 54.6 Å². The summed E-state index contributed by atoms with van der Waals surface area (Å²) < 4.78 is 5.51. The van der Waals surface area contributed by atoms with Crippen LogP contribution in [-0.4, -0.2) is 15.9 Å². The number of fused-ring (bicyclic) bond motifs is 1. The van der Waals surface area contributed by atoms with Gasteiger partial charge < -0.3 is 9.72 Å². The molecule has 0 saturated heterocycles. The number of aromatic nitrogens is 2. The fourth-order valence-corrected chi connectivity index (χ4v) is 3.70.